The van der Waals surface area contributed by atoms with E-state index < -0.39 is 0 Å². The van der Waals surface area contributed by atoms with Gasteiger partial charge in [-0.3, -0.25) is 0 Å². The minimum atomic E-state index is -0.0385. The van der Waals surface area contributed by atoms with E-state index in [0.717, 1.165) is 23.6 Å². The van der Waals surface area contributed by atoms with Crippen LogP contribution < -0.4 is 15.4 Å². The summed E-state index contributed by atoms with van der Waals surface area (Å²) in [6.07, 6.45) is 1.76. The number of hydrogen-bond donors (Lipinski definition) is 2. The van der Waals surface area contributed by atoms with Crippen molar-refractivity contribution in [3.05, 3.63) is 59.8 Å². The number of aromatic nitrogens is 1. The standard InChI is InChI=1S/C20H28N4O.HI/c1-5-21-19(24-20(2,3)4)23-14-17-11-12-22-18(13-17)25-15-16-9-7-6-8-10-16;/h6-13H,5,14-15H2,1-4H3,(H2,21,23,24);1H. The van der Waals surface area contributed by atoms with Gasteiger partial charge in [-0.1, -0.05) is 30.3 Å². The summed E-state index contributed by atoms with van der Waals surface area (Å²) < 4.78 is 5.78. The molecule has 0 aliphatic rings. The predicted octanol–water partition coefficient (Wildman–Crippen LogP) is 4.13. The predicted molar refractivity (Wildman–Crippen MR) is 118 cm³/mol. The molecule has 0 saturated heterocycles. The molecule has 0 saturated carbocycles. The number of nitrogens with one attached hydrogen (secondary N) is 2. The van der Waals surface area contributed by atoms with Gasteiger partial charge in [-0.25, -0.2) is 9.98 Å². The molecular weight excluding hydrogens is 439 g/mol. The van der Waals surface area contributed by atoms with E-state index in [1.165, 1.54) is 0 Å². The van der Waals surface area contributed by atoms with Crippen molar-refractivity contribution in [3.8, 4) is 5.88 Å². The molecular formula is C20H29IN4O. The summed E-state index contributed by atoms with van der Waals surface area (Å²) in [6, 6.07) is 14.0. The van der Waals surface area contributed by atoms with Gasteiger partial charge >= 0.3 is 0 Å². The van der Waals surface area contributed by atoms with Gasteiger partial charge in [0.2, 0.25) is 5.88 Å². The van der Waals surface area contributed by atoms with Gasteiger partial charge in [0.15, 0.2) is 5.96 Å². The summed E-state index contributed by atoms with van der Waals surface area (Å²) in [5.41, 5.74) is 2.14. The zero-order valence-electron chi connectivity index (χ0n) is 16.0. The SMILES string of the molecule is CCNC(=NCc1ccnc(OCc2ccccc2)c1)NC(C)(C)C.I. The number of pyridine rings is 1. The van der Waals surface area contributed by atoms with E-state index in [1.54, 1.807) is 6.20 Å². The Morgan fingerprint density at radius 2 is 1.85 bits per heavy atom. The summed E-state index contributed by atoms with van der Waals surface area (Å²) in [5, 5.41) is 6.64. The molecule has 0 aliphatic heterocycles. The molecule has 0 bridgehead atoms. The zero-order chi connectivity index (χ0) is 18.1. The molecule has 0 radical (unpaired) electrons. The van der Waals surface area contributed by atoms with Gasteiger partial charge in [-0.15, -0.1) is 24.0 Å². The van der Waals surface area contributed by atoms with Crippen LogP contribution in [-0.2, 0) is 13.2 Å². The third-order valence-electron chi connectivity index (χ3n) is 3.29. The largest absolute Gasteiger partial charge is 0.473 e. The summed E-state index contributed by atoms with van der Waals surface area (Å²) in [6.45, 7) is 10.3. The Bertz CT molecular complexity index is 684. The number of halogens is 1. The van der Waals surface area contributed by atoms with Crippen LogP contribution in [0, 0.1) is 0 Å². The molecule has 1 aromatic heterocycles. The average molecular weight is 468 g/mol. The Morgan fingerprint density at radius 1 is 1.12 bits per heavy atom. The number of aliphatic imine (C=N–C) groups is 1. The fourth-order valence-corrected chi connectivity index (χ4v) is 2.19. The highest BCUT2D eigenvalue weighted by atomic mass is 127. The van der Waals surface area contributed by atoms with Crippen LogP contribution in [0.25, 0.3) is 0 Å². The molecule has 6 heteroatoms. The molecule has 5 nitrogen and oxygen atoms in total. The summed E-state index contributed by atoms with van der Waals surface area (Å²) in [5.74, 6) is 1.42. The second kappa shape index (κ2) is 11.0. The van der Waals surface area contributed by atoms with E-state index in [0.29, 0.717) is 19.0 Å². The third kappa shape index (κ3) is 8.51. The number of hydrogen-bond acceptors (Lipinski definition) is 3. The fraction of sp³-hybridized carbons (Fsp3) is 0.400. The average Bonchev–Trinajstić information content (AvgIpc) is 2.58. The normalized spacial score (nSPS) is 11.5. The highest BCUT2D eigenvalue weighted by Gasteiger charge is 2.11. The van der Waals surface area contributed by atoms with Crippen LogP contribution in [0.5, 0.6) is 5.88 Å². The monoisotopic (exact) mass is 468 g/mol. The Labute approximate surface area is 173 Å². The molecule has 2 aromatic rings. The highest BCUT2D eigenvalue weighted by Crippen LogP contribution is 2.12. The topological polar surface area (TPSA) is 58.5 Å². The lowest BCUT2D eigenvalue weighted by Gasteiger charge is -2.23. The van der Waals surface area contributed by atoms with Gasteiger partial charge in [-0.05, 0) is 44.9 Å². The highest BCUT2D eigenvalue weighted by molar-refractivity contribution is 14.0. The minimum Gasteiger partial charge on any atom is -0.473 e. The van der Waals surface area contributed by atoms with E-state index in [-0.39, 0.29) is 29.5 Å². The quantitative estimate of drug-likeness (QED) is 0.380. The second-order valence-corrected chi connectivity index (χ2v) is 6.85. The minimum absolute atomic E-state index is 0. The van der Waals surface area contributed by atoms with Crippen LogP contribution in [-0.4, -0.2) is 23.0 Å². The molecule has 142 valence electrons. The van der Waals surface area contributed by atoms with Crippen LogP contribution in [0.15, 0.2) is 53.7 Å². The Kier molecular flexibility index (Phi) is 9.40. The zero-order valence-corrected chi connectivity index (χ0v) is 18.3. The molecule has 1 aromatic carbocycles. The molecule has 0 fully saturated rings. The molecule has 0 spiro atoms. The first kappa shape index (κ1) is 22.2. The van der Waals surface area contributed by atoms with E-state index in [2.05, 4.69) is 48.3 Å². The lowest BCUT2D eigenvalue weighted by atomic mass is 10.1. The number of ether oxygens (including phenoxy) is 1. The maximum Gasteiger partial charge on any atom is 0.213 e. The van der Waals surface area contributed by atoms with Gasteiger partial charge in [0, 0.05) is 24.3 Å². The maximum atomic E-state index is 5.78. The number of nitrogens with zero attached hydrogens (tertiary/aromatic N) is 2. The lowest BCUT2D eigenvalue weighted by Crippen LogP contribution is -2.47. The van der Waals surface area contributed by atoms with Gasteiger partial charge in [0.05, 0.1) is 6.54 Å². The first-order valence-electron chi connectivity index (χ1n) is 8.64. The van der Waals surface area contributed by atoms with E-state index in [4.69, 9.17) is 4.74 Å². The number of rotatable bonds is 6. The smallest absolute Gasteiger partial charge is 0.213 e. The Hall–Kier alpha value is -1.83. The number of benzene rings is 1. The van der Waals surface area contributed by atoms with Crippen LogP contribution in [0.4, 0.5) is 0 Å². The molecule has 1 heterocycles. The maximum absolute atomic E-state index is 5.78. The van der Waals surface area contributed by atoms with Crippen molar-refractivity contribution < 1.29 is 4.74 Å². The summed E-state index contributed by atoms with van der Waals surface area (Å²) >= 11 is 0. The molecule has 2 N–H and O–H groups in total. The van der Waals surface area contributed by atoms with Gasteiger partial charge in [0.1, 0.15) is 6.61 Å². The molecule has 26 heavy (non-hydrogen) atoms. The van der Waals surface area contributed by atoms with Crippen molar-refractivity contribution in [3.63, 3.8) is 0 Å². The van der Waals surface area contributed by atoms with Gasteiger partial charge in [0.25, 0.3) is 0 Å². The lowest BCUT2D eigenvalue weighted by molar-refractivity contribution is 0.293. The summed E-state index contributed by atoms with van der Waals surface area (Å²) in [7, 11) is 0. The second-order valence-electron chi connectivity index (χ2n) is 6.85. The molecule has 0 amide bonds. The first-order chi connectivity index (χ1) is 12.0. The molecule has 2 rings (SSSR count). The van der Waals surface area contributed by atoms with E-state index >= 15 is 0 Å². The molecule has 0 unspecified atom stereocenters. The Balaban J connectivity index is 0.00000338. The van der Waals surface area contributed by atoms with Gasteiger partial charge in [-0.2, -0.15) is 0 Å². The first-order valence-corrected chi connectivity index (χ1v) is 8.64. The van der Waals surface area contributed by atoms with Crippen molar-refractivity contribution in [2.75, 3.05) is 6.54 Å². The van der Waals surface area contributed by atoms with Crippen molar-refractivity contribution in [1.29, 1.82) is 0 Å². The van der Waals surface area contributed by atoms with E-state index in [1.807, 2.05) is 42.5 Å². The van der Waals surface area contributed by atoms with Crippen molar-refractivity contribution in [2.24, 2.45) is 4.99 Å². The molecule has 0 aliphatic carbocycles. The van der Waals surface area contributed by atoms with Crippen molar-refractivity contribution in [2.45, 2.75) is 46.4 Å². The van der Waals surface area contributed by atoms with Crippen molar-refractivity contribution >= 4 is 29.9 Å². The van der Waals surface area contributed by atoms with Crippen LogP contribution >= 0.6 is 24.0 Å². The van der Waals surface area contributed by atoms with E-state index in [9.17, 15) is 0 Å². The third-order valence-corrected chi connectivity index (χ3v) is 3.29. The van der Waals surface area contributed by atoms with Crippen LogP contribution in [0.2, 0.25) is 0 Å². The van der Waals surface area contributed by atoms with Gasteiger partial charge < -0.3 is 15.4 Å². The Morgan fingerprint density at radius 3 is 2.50 bits per heavy atom. The molecule has 0 atom stereocenters. The fourth-order valence-electron chi connectivity index (χ4n) is 2.19. The summed E-state index contributed by atoms with van der Waals surface area (Å²) in [4.78, 5) is 8.91. The van der Waals surface area contributed by atoms with Crippen LogP contribution in [0.1, 0.15) is 38.8 Å². The van der Waals surface area contributed by atoms with Crippen LogP contribution in [0.3, 0.4) is 0 Å². The number of guanidine groups is 1. The van der Waals surface area contributed by atoms with Crippen molar-refractivity contribution in [1.82, 2.24) is 15.6 Å².